The standard InChI is InChI=1S/C10H15N5O2S/c1-6-8(16)12-2-3-15(6)4-7-5-18-10(13-7)9(17)14-11/h5-6H,2-4,11H2,1H3,(H,12,16)(H,14,17). The molecule has 0 aliphatic carbocycles. The number of piperazine rings is 1. The largest absolute Gasteiger partial charge is 0.353 e. The molecule has 7 nitrogen and oxygen atoms in total. The Hall–Kier alpha value is -1.51. The second-order valence-electron chi connectivity index (χ2n) is 4.05. The summed E-state index contributed by atoms with van der Waals surface area (Å²) in [6.45, 7) is 3.84. The van der Waals surface area contributed by atoms with Crippen LogP contribution in [0, 0.1) is 0 Å². The van der Waals surface area contributed by atoms with Crippen LogP contribution in [0.4, 0.5) is 0 Å². The molecule has 1 atom stereocenters. The summed E-state index contributed by atoms with van der Waals surface area (Å²) in [5, 5.41) is 4.95. The van der Waals surface area contributed by atoms with Gasteiger partial charge in [0.25, 0.3) is 5.91 Å². The van der Waals surface area contributed by atoms with E-state index in [9.17, 15) is 9.59 Å². The minimum atomic E-state index is -0.393. The van der Waals surface area contributed by atoms with Crippen molar-refractivity contribution < 1.29 is 9.59 Å². The molecule has 0 radical (unpaired) electrons. The third-order valence-corrected chi connectivity index (χ3v) is 3.76. The summed E-state index contributed by atoms with van der Waals surface area (Å²) in [6, 6.07) is -0.174. The van der Waals surface area contributed by atoms with Crippen molar-refractivity contribution in [2.45, 2.75) is 19.5 Å². The van der Waals surface area contributed by atoms with Gasteiger partial charge in [0.2, 0.25) is 5.91 Å². The number of nitrogen functional groups attached to an aromatic ring is 1. The van der Waals surface area contributed by atoms with Crippen LogP contribution in [0.3, 0.4) is 0 Å². The van der Waals surface area contributed by atoms with Crippen LogP contribution in [0.2, 0.25) is 0 Å². The Morgan fingerprint density at radius 2 is 2.56 bits per heavy atom. The van der Waals surface area contributed by atoms with Gasteiger partial charge in [-0.3, -0.25) is 19.9 Å². The van der Waals surface area contributed by atoms with Crippen LogP contribution in [0.25, 0.3) is 0 Å². The fourth-order valence-electron chi connectivity index (χ4n) is 1.80. The molecule has 0 aromatic carbocycles. The van der Waals surface area contributed by atoms with Gasteiger partial charge in [-0.1, -0.05) is 0 Å². The number of hydrogen-bond donors (Lipinski definition) is 3. The predicted molar refractivity (Wildman–Crippen MR) is 66.6 cm³/mol. The van der Waals surface area contributed by atoms with Crippen LogP contribution in [0.15, 0.2) is 5.38 Å². The molecule has 2 amide bonds. The molecule has 1 fully saturated rings. The molecule has 0 saturated carbocycles. The van der Waals surface area contributed by atoms with Crippen molar-refractivity contribution in [3.8, 4) is 0 Å². The van der Waals surface area contributed by atoms with Crippen LogP contribution in [-0.4, -0.2) is 40.8 Å². The average Bonchev–Trinajstić information content (AvgIpc) is 2.82. The Labute approximate surface area is 108 Å². The van der Waals surface area contributed by atoms with Gasteiger partial charge < -0.3 is 5.32 Å². The van der Waals surface area contributed by atoms with E-state index in [1.165, 1.54) is 11.3 Å². The number of hydrogen-bond acceptors (Lipinski definition) is 6. The minimum Gasteiger partial charge on any atom is -0.353 e. The van der Waals surface area contributed by atoms with E-state index in [2.05, 4.69) is 10.3 Å². The van der Waals surface area contributed by atoms with Gasteiger partial charge in [-0.05, 0) is 6.92 Å². The summed E-state index contributed by atoms with van der Waals surface area (Å²) in [7, 11) is 0. The number of carbonyl (C=O) groups excluding carboxylic acids is 2. The summed E-state index contributed by atoms with van der Waals surface area (Å²) >= 11 is 1.24. The van der Waals surface area contributed by atoms with Crippen molar-refractivity contribution in [1.82, 2.24) is 20.6 Å². The van der Waals surface area contributed by atoms with Gasteiger partial charge in [-0.15, -0.1) is 11.3 Å². The zero-order valence-corrected chi connectivity index (χ0v) is 10.8. The molecule has 4 N–H and O–H groups in total. The van der Waals surface area contributed by atoms with E-state index >= 15 is 0 Å². The molecule has 8 heteroatoms. The second kappa shape index (κ2) is 5.42. The topological polar surface area (TPSA) is 100 Å². The molecule has 1 unspecified atom stereocenters. The number of nitrogens with one attached hydrogen (secondary N) is 2. The zero-order chi connectivity index (χ0) is 13.1. The number of nitrogens with two attached hydrogens (primary N) is 1. The predicted octanol–water partition coefficient (Wildman–Crippen LogP) is -0.933. The van der Waals surface area contributed by atoms with Gasteiger partial charge in [-0.2, -0.15) is 0 Å². The molecule has 2 heterocycles. The molecule has 2 rings (SSSR count). The molecule has 1 aromatic heterocycles. The molecular formula is C10H15N5O2S. The number of hydrazine groups is 1. The average molecular weight is 269 g/mol. The van der Waals surface area contributed by atoms with Crippen molar-refractivity contribution >= 4 is 23.2 Å². The lowest BCUT2D eigenvalue weighted by Crippen LogP contribution is -2.53. The van der Waals surface area contributed by atoms with E-state index in [4.69, 9.17) is 5.84 Å². The smallest absolute Gasteiger partial charge is 0.294 e. The number of amides is 2. The van der Waals surface area contributed by atoms with Gasteiger partial charge in [0.05, 0.1) is 11.7 Å². The normalized spacial score (nSPS) is 20.6. The van der Waals surface area contributed by atoms with Crippen molar-refractivity contribution in [3.05, 3.63) is 16.1 Å². The van der Waals surface area contributed by atoms with E-state index in [0.717, 1.165) is 12.2 Å². The molecule has 1 saturated heterocycles. The first-order valence-electron chi connectivity index (χ1n) is 5.59. The summed E-state index contributed by atoms with van der Waals surface area (Å²) in [5.74, 6) is 4.67. The summed E-state index contributed by atoms with van der Waals surface area (Å²) < 4.78 is 0. The Morgan fingerprint density at radius 3 is 3.28 bits per heavy atom. The van der Waals surface area contributed by atoms with Crippen LogP contribution >= 0.6 is 11.3 Å². The van der Waals surface area contributed by atoms with E-state index in [1.807, 2.05) is 22.6 Å². The molecular weight excluding hydrogens is 254 g/mol. The first kappa shape index (κ1) is 12.9. The minimum absolute atomic E-state index is 0.0244. The van der Waals surface area contributed by atoms with Crippen LogP contribution in [-0.2, 0) is 11.3 Å². The number of carbonyl (C=O) groups is 2. The van der Waals surface area contributed by atoms with Crippen molar-refractivity contribution in [2.24, 2.45) is 5.84 Å². The molecule has 0 spiro atoms. The molecule has 0 bridgehead atoms. The van der Waals surface area contributed by atoms with E-state index < -0.39 is 5.91 Å². The third-order valence-electron chi connectivity index (χ3n) is 2.87. The number of thiazole rings is 1. The zero-order valence-electron chi connectivity index (χ0n) is 9.97. The second-order valence-corrected chi connectivity index (χ2v) is 4.91. The number of aromatic nitrogens is 1. The Kier molecular flexibility index (Phi) is 3.90. The maximum Gasteiger partial charge on any atom is 0.294 e. The highest BCUT2D eigenvalue weighted by Gasteiger charge is 2.26. The van der Waals surface area contributed by atoms with Crippen molar-refractivity contribution in [1.29, 1.82) is 0 Å². The highest BCUT2D eigenvalue weighted by molar-refractivity contribution is 7.11. The first-order valence-corrected chi connectivity index (χ1v) is 6.47. The third kappa shape index (κ3) is 2.66. The fraction of sp³-hybridized carbons (Fsp3) is 0.500. The summed E-state index contributed by atoms with van der Waals surface area (Å²) in [6.07, 6.45) is 0. The quantitative estimate of drug-likeness (QED) is 0.374. The van der Waals surface area contributed by atoms with Crippen molar-refractivity contribution in [2.75, 3.05) is 13.1 Å². The molecule has 18 heavy (non-hydrogen) atoms. The van der Waals surface area contributed by atoms with Crippen molar-refractivity contribution in [3.63, 3.8) is 0 Å². The SMILES string of the molecule is CC1C(=O)NCCN1Cc1csc(C(=O)NN)n1. The van der Waals surface area contributed by atoms with Gasteiger partial charge in [0.15, 0.2) is 5.01 Å². The summed E-state index contributed by atoms with van der Waals surface area (Å²) in [4.78, 5) is 29.0. The molecule has 1 aliphatic heterocycles. The Balaban J connectivity index is 2.03. The van der Waals surface area contributed by atoms with E-state index in [1.54, 1.807) is 0 Å². The van der Waals surface area contributed by atoms with Gasteiger partial charge >= 0.3 is 0 Å². The highest BCUT2D eigenvalue weighted by atomic mass is 32.1. The van der Waals surface area contributed by atoms with E-state index in [-0.39, 0.29) is 11.9 Å². The fourth-order valence-corrected chi connectivity index (χ4v) is 2.51. The Morgan fingerprint density at radius 1 is 1.78 bits per heavy atom. The van der Waals surface area contributed by atoms with Crippen LogP contribution in [0.1, 0.15) is 22.4 Å². The number of nitrogens with zero attached hydrogens (tertiary/aromatic N) is 2. The molecule has 98 valence electrons. The molecule has 1 aliphatic rings. The molecule has 1 aromatic rings. The Bertz CT molecular complexity index is 461. The monoisotopic (exact) mass is 269 g/mol. The van der Waals surface area contributed by atoms with Gasteiger partial charge in [0, 0.05) is 25.0 Å². The summed E-state index contributed by atoms with van der Waals surface area (Å²) in [5.41, 5.74) is 2.82. The van der Waals surface area contributed by atoms with Gasteiger partial charge in [0.1, 0.15) is 0 Å². The van der Waals surface area contributed by atoms with Crippen LogP contribution in [0.5, 0.6) is 0 Å². The van der Waals surface area contributed by atoms with Gasteiger partial charge in [-0.25, -0.2) is 10.8 Å². The number of rotatable bonds is 3. The first-order chi connectivity index (χ1) is 8.61. The van der Waals surface area contributed by atoms with Crippen LogP contribution < -0.4 is 16.6 Å². The lowest BCUT2D eigenvalue weighted by molar-refractivity contribution is -0.128. The maximum absolute atomic E-state index is 11.5. The highest BCUT2D eigenvalue weighted by Crippen LogP contribution is 2.14. The lowest BCUT2D eigenvalue weighted by atomic mass is 10.2. The lowest BCUT2D eigenvalue weighted by Gasteiger charge is -2.32. The maximum atomic E-state index is 11.5. The van der Waals surface area contributed by atoms with E-state index in [0.29, 0.717) is 18.1 Å².